The van der Waals surface area contributed by atoms with E-state index >= 15 is 0 Å². The van der Waals surface area contributed by atoms with Gasteiger partial charge in [-0.25, -0.2) is 0 Å². The van der Waals surface area contributed by atoms with E-state index in [4.69, 9.17) is 12.2 Å². The number of nitrogens with zero attached hydrogens (tertiary/aromatic N) is 2. The molecular weight excluding hydrogens is 542 g/mol. The van der Waals surface area contributed by atoms with Gasteiger partial charge in [0.15, 0.2) is 5.11 Å². The van der Waals surface area contributed by atoms with Crippen LogP contribution in [0.5, 0.6) is 0 Å². The van der Waals surface area contributed by atoms with Crippen molar-refractivity contribution in [2.75, 3.05) is 28.6 Å². The van der Waals surface area contributed by atoms with E-state index in [9.17, 15) is 9.59 Å². The molecule has 2 bridgehead atoms. The molecule has 1 fully saturated rings. The third kappa shape index (κ3) is 6.09. The second-order valence-corrected chi connectivity index (χ2v) is 11.5. The maximum atomic E-state index is 13.2. The molecule has 0 unspecified atom stereocenters. The number of fused-ring (bicyclic) bond motifs is 4. The number of carbonyl (C=O) groups is 1. The van der Waals surface area contributed by atoms with Gasteiger partial charge in [-0.3, -0.25) is 9.59 Å². The van der Waals surface area contributed by atoms with Crippen LogP contribution in [-0.4, -0.2) is 28.7 Å². The molecule has 2 aliphatic rings. The van der Waals surface area contributed by atoms with E-state index in [2.05, 4.69) is 46.0 Å². The molecule has 3 aromatic carbocycles. The van der Waals surface area contributed by atoms with Gasteiger partial charge >= 0.3 is 0 Å². The maximum Gasteiger partial charge on any atom is 0.251 e. The van der Waals surface area contributed by atoms with Crippen molar-refractivity contribution in [3.8, 4) is 0 Å². The number of anilines is 3. The normalized spacial score (nSPS) is 17.2. The highest BCUT2D eigenvalue weighted by molar-refractivity contribution is 7.80. The van der Waals surface area contributed by atoms with Gasteiger partial charge in [0.2, 0.25) is 0 Å². The third-order valence-corrected chi connectivity index (χ3v) is 8.45. The van der Waals surface area contributed by atoms with Crippen molar-refractivity contribution in [1.29, 1.82) is 0 Å². The van der Waals surface area contributed by atoms with E-state index in [1.54, 1.807) is 6.07 Å². The molecule has 4 aromatic rings. The van der Waals surface area contributed by atoms with E-state index < -0.39 is 0 Å². The number of nitrogens with one attached hydrogen (secondary N) is 3. The molecule has 0 aliphatic carbocycles. The largest absolute Gasteiger partial charge is 0.369 e. The lowest BCUT2D eigenvalue weighted by atomic mass is 9.83. The Bertz CT molecular complexity index is 1650. The molecule has 42 heavy (non-hydrogen) atoms. The predicted octanol–water partition coefficient (Wildman–Crippen LogP) is 5.77. The third-order valence-electron chi connectivity index (χ3n) is 8.24. The Morgan fingerprint density at radius 3 is 2.48 bits per heavy atom. The van der Waals surface area contributed by atoms with Crippen molar-refractivity contribution in [3.63, 3.8) is 0 Å². The SMILES string of the molecule is CCc1ccc(NC(=S)Nc2cc(C(=O)NCc3ccccc3)ccc2N2C[C@H]3C[C@@H](C2)c2cccc(=O)n2C3)cc1. The average molecular weight is 578 g/mol. The van der Waals surface area contributed by atoms with Crippen LogP contribution in [0.4, 0.5) is 17.1 Å². The van der Waals surface area contributed by atoms with E-state index in [1.165, 1.54) is 5.56 Å². The van der Waals surface area contributed by atoms with Gasteiger partial charge in [-0.05, 0) is 78.5 Å². The lowest BCUT2D eigenvalue weighted by Gasteiger charge is -2.44. The molecule has 0 radical (unpaired) electrons. The first-order chi connectivity index (χ1) is 20.5. The monoisotopic (exact) mass is 577 g/mol. The maximum absolute atomic E-state index is 13.2. The summed E-state index contributed by atoms with van der Waals surface area (Å²) >= 11 is 5.73. The Balaban J connectivity index is 1.26. The fourth-order valence-electron chi connectivity index (χ4n) is 6.14. The molecule has 2 atom stereocenters. The Morgan fingerprint density at radius 2 is 1.69 bits per heavy atom. The number of hydrogen-bond acceptors (Lipinski definition) is 4. The van der Waals surface area contributed by atoms with Crippen LogP contribution in [0.3, 0.4) is 0 Å². The van der Waals surface area contributed by atoms with Gasteiger partial charge in [-0.2, -0.15) is 0 Å². The summed E-state index contributed by atoms with van der Waals surface area (Å²) in [5.74, 6) is 0.474. The molecule has 3 heterocycles. The molecule has 0 saturated carbocycles. The summed E-state index contributed by atoms with van der Waals surface area (Å²) in [6.07, 6.45) is 2.04. The van der Waals surface area contributed by atoms with Crippen LogP contribution in [0, 0.1) is 5.92 Å². The predicted molar refractivity (Wildman–Crippen MR) is 173 cm³/mol. The van der Waals surface area contributed by atoms with Crippen molar-refractivity contribution in [3.05, 3.63) is 124 Å². The van der Waals surface area contributed by atoms with Crippen molar-refractivity contribution < 1.29 is 4.79 Å². The average Bonchev–Trinajstić information content (AvgIpc) is 3.01. The van der Waals surface area contributed by atoms with Gasteiger partial charge < -0.3 is 25.4 Å². The van der Waals surface area contributed by atoms with Crippen LogP contribution in [0.1, 0.15) is 46.4 Å². The summed E-state index contributed by atoms with van der Waals surface area (Å²) < 4.78 is 1.94. The lowest BCUT2D eigenvalue weighted by Crippen LogP contribution is -2.47. The summed E-state index contributed by atoms with van der Waals surface area (Å²) in [4.78, 5) is 28.1. The summed E-state index contributed by atoms with van der Waals surface area (Å²) in [5, 5.41) is 10.2. The first-order valence-corrected chi connectivity index (χ1v) is 15.0. The zero-order chi connectivity index (χ0) is 29.1. The molecule has 1 aromatic heterocycles. The second kappa shape index (κ2) is 12.2. The zero-order valence-corrected chi connectivity index (χ0v) is 24.5. The van der Waals surface area contributed by atoms with Gasteiger partial charge in [0.05, 0.1) is 11.4 Å². The number of pyridine rings is 1. The van der Waals surface area contributed by atoms with Gasteiger partial charge in [0, 0.05) is 55.1 Å². The number of thiocarbonyl (C=S) groups is 1. The van der Waals surface area contributed by atoms with Crippen LogP contribution in [0.25, 0.3) is 0 Å². The molecule has 7 nitrogen and oxygen atoms in total. The number of piperidine rings is 1. The number of hydrogen-bond donors (Lipinski definition) is 3. The van der Waals surface area contributed by atoms with Crippen molar-refractivity contribution in [2.45, 2.75) is 38.8 Å². The number of carbonyl (C=O) groups excluding carboxylic acids is 1. The van der Waals surface area contributed by atoms with Crippen molar-refractivity contribution in [2.24, 2.45) is 5.92 Å². The molecular formula is C34H35N5O2S. The van der Waals surface area contributed by atoms with E-state index in [-0.39, 0.29) is 17.4 Å². The Morgan fingerprint density at radius 1 is 0.881 bits per heavy atom. The Labute approximate surface area is 251 Å². The molecule has 214 valence electrons. The molecule has 6 rings (SSSR count). The molecule has 1 amide bonds. The lowest BCUT2D eigenvalue weighted by molar-refractivity contribution is 0.0951. The Kier molecular flexibility index (Phi) is 8.06. The minimum absolute atomic E-state index is 0.0762. The van der Waals surface area contributed by atoms with Crippen LogP contribution >= 0.6 is 12.2 Å². The standard InChI is InChI=1S/C34H35N5O2S/c1-2-23-11-14-28(15-12-23)36-34(42)37-29-18-26(33(41)35-19-24-7-4-3-5-8-24)13-16-31(29)38-20-25-17-27(22-38)30-9-6-10-32(40)39(30)21-25/h3-16,18,25,27H,2,17,19-22H2,1H3,(H,35,41)(H2,36,37,42)/t25-,27+/m1/s1. The highest BCUT2D eigenvalue weighted by Crippen LogP contribution is 2.39. The first-order valence-electron chi connectivity index (χ1n) is 14.5. The number of aryl methyl sites for hydroxylation is 1. The molecule has 8 heteroatoms. The summed E-state index contributed by atoms with van der Waals surface area (Å²) in [7, 11) is 0. The van der Waals surface area contributed by atoms with Crippen LogP contribution in [-0.2, 0) is 19.5 Å². The first kappa shape index (κ1) is 27.7. The van der Waals surface area contributed by atoms with E-state index in [0.717, 1.165) is 60.8 Å². The number of benzene rings is 3. The summed E-state index contributed by atoms with van der Waals surface area (Å²) in [5.41, 5.74) is 6.70. The van der Waals surface area contributed by atoms with Gasteiger partial charge in [0.1, 0.15) is 0 Å². The van der Waals surface area contributed by atoms with Crippen LogP contribution in [0.15, 0.2) is 95.8 Å². The highest BCUT2D eigenvalue weighted by Gasteiger charge is 2.35. The van der Waals surface area contributed by atoms with Gasteiger partial charge in [-0.15, -0.1) is 0 Å². The summed E-state index contributed by atoms with van der Waals surface area (Å²) in [6, 6.07) is 29.4. The van der Waals surface area contributed by atoms with E-state index in [1.807, 2.05) is 71.3 Å². The minimum Gasteiger partial charge on any atom is -0.369 e. The number of rotatable bonds is 7. The quantitative estimate of drug-likeness (QED) is 0.242. The van der Waals surface area contributed by atoms with Gasteiger partial charge in [-0.1, -0.05) is 55.5 Å². The summed E-state index contributed by atoms with van der Waals surface area (Å²) in [6.45, 7) is 4.91. The van der Waals surface area contributed by atoms with Crippen LogP contribution < -0.4 is 26.4 Å². The number of amides is 1. The highest BCUT2D eigenvalue weighted by atomic mass is 32.1. The molecule has 1 saturated heterocycles. The fraction of sp³-hybridized carbons (Fsp3) is 0.265. The second-order valence-electron chi connectivity index (χ2n) is 11.1. The number of aromatic nitrogens is 1. The van der Waals surface area contributed by atoms with E-state index in [0.29, 0.717) is 23.1 Å². The molecule has 2 aliphatic heterocycles. The molecule has 0 spiro atoms. The zero-order valence-electron chi connectivity index (χ0n) is 23.7. The molecule has 3 N–H and O–H groups in total. The topological polar surface area (TPSA) is 78.4 Å². The smallest absolute Gasteiger partial charge is 0.251 e. The fourth-order valence-corrected chi connectivity index (χ4v) is 6.36. The minimum atomic E-state index is -0.147. The van der Waals surface area contributed by atoms with Crippen molar-refractivity contribution >= 4 is 40.3 Å². The van der Waals surface area contributed by atoms with Crippen LogP contribution in [0.2, 0.25) is 0 Å². The van der Waals surface area contributed by atoms with Gasteiger partial charge in [0.25, 0.3) is 11.5 Å². The van der Waals surface area contributed by atoms with Crippen molar-refractivity contribution in [1.82, 2.24) is 9.88 Å². The Hall–Kier alpha value is -4.43.